The van der Waals surface area contributed by atoms with E-state index in [-0.39, 0.29) is 5.75 Å². The minimum absolute atomic E-state index is 0.258. The van der Waals surface area contributed by atoms with Gasteiger partial charge in [0.1, 0.15) is 9.84 Å². The van der Waals surface area contributed by atoms with Crippen LogP contribution in [0.2, 0.25) is 0 Å². The van der Waals surface area contributed by atoms with Crippen LogP contribution < -0.4 is 0 Å². The molecule has 7 heteroatoms. The number of hydrogen-bond donors (Lipinski definition) is 0. The summed E-state index contributed by atoms with van der Waals surface area (Å²) in [4.78, 5) is 4.63. The number of sulfone groups is 1. The molecule has 0 N–H and O–H groups in total. The fraction of sp³-hybridized carbons (Fsp3) is 0.786. The Kier molecular flexibility index (Phi) is 5.40. The zero-order valence-corrected chi connectivity index (χ0v) is 14.0. The van der Waals surface area contributed by atoms with E-state index in [4.69, 9.17) is 0 Å². The first-order valence-corrected chi connectivity index (χ1v) is 9.55. The van der Waals surface area contributed by atoms with E-state index in [1.807, 2.05) is 10.9 Å². The molecule has 0 saturated carbocycles. The van der Waals surface area contributed by atoms with Gasteiger partial charge >= 0.3 is 0 Å². The molecule has 0 bridgehead atoms. The van der Waals surface area contributed by atoms with E-state index < -0.39 is 9.84 Å². The van der Waals surface area contributed by atoms with Crippen molar-refractivity contribution in [2.45, 2.75) is 26.4 Å². The van der Waals surface area contributed by atoms with Gasteiger partial charge in [-0.3, -0.25) is 14.5 Å². The lowest BCUT2D eigenvalue weighted by Gasteiger charge is -2.34. The van der Waals surface area contributed by atoms with E-state index in [0.29, 0.717) is 12.6 Å². The van der Waals surface area contributed by atoms with Gasteiger partial charge in [-0.25, -0.2) is 8.42 Å². The zero-order chi connectivity index (χ0) is 15.5. The van der Waals surface area contributed by atoms with Gasteiger partial charge < -0.3 is 0 Å². The smallest absolute Gasteiger partial charge is 0.148 e. The van der Waals surface area contributed by atoms with Gasteiger partial charge in [-0.1, -0.05) is 0 Å². The minimum atomic E-state index is -2.86. The average molecular weight is 314 g/mol. The zero-order valence-electron chi connectivity index (χ0n) is 13.2. The molecular formula is C14H26N4O2S. The summed E-state index contributed by atoms with van der Waals surface area (Å²) in [5, 5.41) is 4.37. The summed E-state index contributed by atoms with van der Waals surface area (Å²) in [5.41, 5.74) is 1.24. The fourth-order valence-electron chi connectivity index (χ4n) is 2.47. The van der Waals surface area contributed by atoms with Crippen LogP contribution in [0.1, 0.15) is 25.5 Å². The van der Waals surface area contributed by atoms with Crippen LogP contribution in [0.5, 0.6) is 0 Å². The lowest BCUT2D eigenvalue weighted by Crippen LogP contribution is -2.47. The molecule has 120 valence electrons. The molecule has 2 rings (SSSR count). The quantitative estimate of drug-likeness (QED) is 0.771. The summed E-state index contributed by atoms with van der Waals surface area (Å²) in [5.74, 6) is 0.258. The molecule has 1 aromatic rings. The highest BCUT2D eigenvalue weighted by Crippen LogP contribution is 2.10. The second kappa shape index (κ2) is 6.89. The first kappa shape index (κ1) is 16.5. The molecule has 21 heavy (non-hydrogen) atoms. The third-order valence-corrected chi connectivity index (χ3v) is 4.76. The SMILES string of the molecule is CC(C)n1cc(CN2CCN(CCS(C)(=O)=O)CC2)cn1. The molecule has 0 unspecified atom stereocenters. The molecule has 1 aliphatic rings. The van der Waals surface area contributed by atoms with Crippen LogP contribution in [-0.4, -0.2) is 72.7 Å². The van der Waals surface area contributed by atoms with Crippen LogP contribution in [0.15, 0.2) is 12.4 Å². The Hall–Kier alpha value is -0.920. The van der Waals surface area contributed by atoms with Gasteiger partial charge in [-0.15, -0.1) is 0 Å². The van der Waals surface area contributed by atoms with Gasteiger partial charge in [0.25, 0.3) is 0 Å². The molecule has 0 aromatic carbocycles. The molecule has 1 saturated heterocycles. The van der Waals surface area contributed by atoms with Crippen LogP contribution in [-0.2, 0) is 16.4 Å². The number of nitrogens with zero attached hydrogens (tertiary/aromatic N) is 4. The Morgan fingerprint density at radius 3 is 2.33 bits per heavy atom. The Bertz CT molecular complexity index is 545. The molecule has 0 atom stereocenters. The summed E-state index contributed by atoms with van der Waals surface area (Å²) in [7, 11) is -2.86. The predicted octanol–water partition coefficient (Wildman–Crippen LogP) is 0.626. The van der Waals surface area contributed by atoms with E-state index in [9.17, 15) is 8.42 Å². The molecule has 1 aliphatic heterocycles. The summed E-state index contributed by atoms with van der Waals surface area (Å²) in [6.07, 6.45) is 5.35. The number of hydrogen-bond acceptors (Lipinski definition) is 5. The van der Waals surface area contributed by atoms with Crippen molar-refractivity contribution in [3.63, 3.8) is 0 Å². The maximum Gasteiger partial charge on any atom is 0.148 e. The standard InChI is InChI=1S/C14H26N4O2S/c1-13(2)18-12-14(10-15-18)11-17-6-4-16(5-7-17)8-9-21(3,19)20/h10,12-13H,4-9,11H2,1-3H3. The molecule has 1 fully saturated rings. The molecule has 2 heterocycles. The molecular weight excluding hydrogens is 288 g/mol. The predicted molar refractivity (Wildman–Crippen MR) is 84.0 cm³/mol. The number of aromatic nitrogens is 2. The highest BCUT2D eigenvalue weighted by atomic mass is 32.2. The van der Waals surface area contributed by atoms with Crippen molar-refractivity contribution in [3.05, 3.63) is 18.0 Å². The third-order valence-electron chi connectivity index (χ3n) is 3.83. The van der Waals surface area contributed by atoms with Gasteiger partial charge in [-0.2, -0.15) is 5.10 Å². The van der Waals surface area contributed by atoms with Gasteiger partial charge in [0.15, 0.2) is 0 Å². The van der Waals surface area contributed by atoms with Gasteiger partial charge in [-0.05, 0) is 13.8 Å². The Morgan fingerprint density at radius 1 is 1.19 bits per heavy atom. The van der Waals surface area contributed by atoms with Crippen LogP contribution >= 0.6 is 0 Å². The summed E-state index contributed by atoms with van der Waals surface area (Å²) < 4.78 is 24.4. The van der Waals surface area contributed by atoms with Crippen molar-refractivity contribution in [2.24, 2.45) is 0 Å². The highest BCUT2D eigenvalue weighted by molar-refractivity contribution is 7.90. The highest BCUT2D eigenvalue weighted by Gasteiger charge is 2.18. The number of piperazine rings is 1. The van der Waals surface area contributed by atoms with Crippen LogP contribution in [0.25, 0.3) is 0 Å². The Morgan fingerprint density at radius 2 is 1.81 bits per heavy atom. The van der Waals surface area contributed by atoms with Gasteiger partial charge in [0.2, 0.25) is 0 Å². The van der Waals surface area contributed by atoms with Crippen molar-refractivity contribution in [1.82, 2.24) is 19.6 Å². The Balaban J connectivity index is 1.76. The lowest BCUT2D eigenvalue weighted by molar-refractivity contribution is 0.132. The summed E-state index contributed by atoms with van der Waals surface area (Å²) in [6, 6.07) is 0.395. The molecule has 6 nitrogen and oxygen atoms in total. The normalized spacial score (nSPS) is 18.5. The third kappa shape index (κ3) is 5.41. The van der Waals surface area contributed by atoms with Crippen LogP contribution in [0, 0.1) is 0 Å². The van der Waals surface area contributed by atoms with Gasteiger partial charge in [0.05, 0.1) is 11.9 Å². The first-order chi connectivity index (χ1) is 9.83. The monoisotopic (exact) mass is 314 g/mol. The first-order valence-electron chi connectivity index (χ1n) is 7.49. The van der Waals surface area contributed by atoms with E-state index >= 15 is 0 Å². The largest absolute Gasteiger partial charge is 0.300 e. The van der Waals surface area contributed by atoms with Crippen molar-refractivity contribution < 1.29 is 8.42 Å². The molecule has 0 aliphatic carbocycles. The maximum absolute atomic E-state index is 11.2. The molecule has 1 aromatic heterocycles. The van der Waals surface area contributed by atoms with Gasteiger partial charge in [0, 0.05) is 63.3 Å². The van der Waals surface area contributed by atoms with Crippen LogP contribution in [0.3, 0.4) is 0 Å². The molecule has 0 spiro atoms. The second-order valence-electron chi connectivity index (χ2n) is 6.17. The van der Waals surface area contributed by atoms with E-state index in [0.717, 1.165) is 32.7 Å². The van der Waals surface area contributed by atoms with E-state index in [1.54, 1.807) is 0 Å². The minimum Gasteiger partial charge on any atom is -0.300 e. The van der Waals surface area contributed by atoms with E-state index in [1.165, 1.54) is 11.8 Å². The van der Waals surface area contributed by atoms with Crippen molar-refractivity contribution in [1.29, 1.82) is 0 Å². The van der Waals surface area contributed by atoms with Crippen molar-refractivity contribution >= 4 is 9.84 Å². The Labute approximate surface area is 127 Å². The number of rotatable bonds is 6. The maximum atomic E-state index is 11.2. The fourth-order valence-corrected chi connectivity index (χ4v) is 3.06. The molecule has 0 radical (unpaired) electrons. The summed E-state index contributed by atoms with van der Waals surface area (Å²) in [6.45, 7) is 9.66. The lowest BCUT2D eigenvalue weighted by atomic mass is 10.2. The second-order valence-corrected chi connectivity index (χ2v) is 8.43. The average Bonchev–Trinajstić information content (AvgIpc) is 2.86. The van der Waals surface area contributed by atoms with E-state index in [2.05, 4.69) is 34.9 Å². The topological polar surface area (TPSA) is 58.4 Å². The summed E-state index contributed by atoms with van der Waals surface area (Å²) >= 11 is 0. The van der Waals surface area contributed by atoms with Crippen LogP contribution in [0.4, 0.5) is 0 Å². The van der Waals surface area contributed by atoms with Crippen molar-refractivity contribution in [3.8, 4) is 0 Å². The molecule has 0 amide bonds. The van der Waals surface area contributed by atoms with Crippen molar-refractivity contribution in [2.75, 3.05) is 44.7 Å².